The number of nitrogens with one attached hydrogen (secondary N) is 1. The zero-order chi connectivity index (χ0) is 15.4. The molecule has 3 rings (SSSR count). The van der Waals surface area contributed by atoms with Crippen molar-refractivity contribution >= 4 is 34.6 Å². The van der Waals surface area contributed by atoms with Gasteiger partial charge < -0.3 is 15.1 Å². The summed E-state index contributed by atoms with van der Waals surface area (Å²) in [6, 6.07) is 8.69. The van der Waals surface area contributed by atoms with Crippen LogP contribution in [0.15, 0.2) is 24.3 Å². The van der Waals surface area contributed by atoms with E-state index in [1.54, 1.807) is 0 Å². The molecular formula is C17H24ClN3S. The molecule has 1 saturated heterocycles. The average molecular weight is 338 g/mol. The molecule has 22 heavy (non-hydrogen) atoms. The van der Waals surface area contributed by atoms with Gasteiger partial charge in [-0.1, -0.05) is 36.9 Å². The van der Waals surface area contributed by atoms with Crippen LogP contribution in [0.1, 0.15) is 32.1 Å². The fraction of sp³-hybridized carbons (Fsp3) is 0.588. The highest BCUT2D eigenvalue weighted by molar-refractivity contribution is 7.80. The Balaban J connectivity index is 1.49. The van der Waals surface area contributed by atoms with Gasteiger partial charge in [0.05, 0.1) is 0 Å². The minimum Gasteiger partial charge on any atom is -0.368 e. The maximum atomic E-state index is 6.08. The van der Waals surface area contributed by atoms with E-state index in [1.165, 1.54) is 37.8 Å². The van der Waals surface area contributed by atoms with E-state index in [-0.39, 0.29) is 0 Å². The van der Waals surface area contributed by atoms with Crippen LogP contribution in [0.3, 0.4) is 0 Å². The van der Waals surface area contributed by atoms with E-state index in [0.29, 0.717) is 6.04 Å². The number of thiocarbonyl (C=S) groups is 1. The first kappa shape index (κ1) is 15.9. The number of rotatable bonds is 2. The van der Waals surface area contributed by atoms with Gasteiger partial charge in [0.25, 0.3) is 0 Å². The Morgan fingerprint density at radius 1 is 1.09 bits per heavy atom. The van der Waals surface area contributed by atoms with Gasteiger partial charge in [-0.15, -0.1) is 0 Å². The number of piperazine rings is 1. The Kier molecular flexibility index (Phi) is 5.42. The molecule has 0 aromatic heterocycles. The van der Waals surface area contributed by atoms with Crippen LogP contribution < -0.4 is 10.2 Å². The van der Waals surface area contributed by atoms with E-state index in [2.05, 4.69) is 21.2 Å². The van der Waals surface area contributed by atoms with Crippen LogP contribution in [-0.2, 0) is 0 Å². The van der Waals surface area contributed by atoms with Crippen LogP contribution in [0.4, 0.5) is 5.69 Å². The van der Waals surface area contributed by atoms with E-state index in [0.717, 1.165) is 36.3 Å². The number of hydrogen-bond acceptors (Lipinski definition) is 2. The fourth-order valence-corrected chi connectivity index (χ4v) is 3.89. The molecule has 0 radical (unpaired) electrons. The third-order valence-electron chi connectivity index (χ3n) is 4.67. The second kappa shape index (κ2) is 7.51. The standard InChI is InChI=1S/C17H24ClN3S/c18-14-5-4-8-16(13-14)20-9-11-21(12-10-20)17(22)19-15-6-2-1-3-7-15/h4-5,8,13,15H,1-3,6-7,9-12H2,(H,19,22). The van der Waals surface area contributed by atoms with Crippen molar-refractivity contribution in [3.8, 4) is 0 Å². The minimum absolute atomic E-state index is 0.590. The lowest BCUT2D eigenvalue weighted by molar-refractivity contribution is 0.355. The largest absolute Gasteiger partial charge is 0.368 e. The predicted octanol–water partition coefficient (Wildman–Crippen LogP) is 3.67. The quantitative estimate of drug-likeness (QED) is 0.830. The highest BCUT2D eigenvalue weighted by atomic mass is 35.5. The van der Waals surface area contributed by atoms with Gasteiger partial charge in [-0.25, -0.2) is 0 Å². The van der Waals surface area contributed by atoms with Crippen molar-refractivity contribution in [3.63, 3.8) is 0 Å². The summed E-state index contributed by atoms with van der Waals surface area (Å²) in [7, 11) is 0. The van der Waals surface area contributed by atoms with E-state index >= 15 is 0 Å². The number of nitrogens with zero attached hydrogens (tertiary/aromatic N) is 2. The van der Waals surface area contributed by atoms with Crippen molar-refractivity contribution in [1.82, 2.24) is 10.2 Å². The van der Waals surface area contributed by atoms with E-state index in [9.17, 15) is 0 Å². The molecule has 0 atom stereocenters. The van der Waals surface area contributed by atoms with Gasteiger partial charge in [0, 0.05) is 42.9 Å². The summed E-state index contributed by atoms with van der Waals surface area (Å²) in [5.74, 6) is 0. The molecule has 120 valence electrons. The second-order valence-electron chi connectivity index (χ2n) is 6.24. The maximum Gasteiger partial charge on any atom is 0.169 e. The summed E-state index contributed by atoms with van der Waals surface area (Å²) in [6.45, 7) is 3.94. The molecule has 1 aromatic rings. The van der Waals surface area contributed by atoms with Crippen molar-refractivity contribution in [2.24, 2.45) is 0 Å². The molecule has 1 aliphatic carbocycles. The lowest BCUT2D eigenvalue weighted by atomic mass is 9.96. The van der Waals surface area contributed by atoms with Gasteiger partial charge in [-0.2, -0.15) is 0 Å². The molecule has 1 heterocycles. The number of anilines is 1. The molecular weight excluding hydrogens is 314 g/mol. The fourth-order valence-electron chi connectivity index (χ4n) is 3.35. The van der Waals surface area contributed by atoms with Crippen LogP contribution in [0, 0.1) is 0 Å². The van der Waals surface area contributed by atoms with E-state index in [1.807, 2.05) is 18.2 Å². The lowest BCUT2D eigenvalue weighted by Gasteiger charge is -2.38. The van der Waals surface area contributed by atoms with Crippen LogP contribution in [0.2, 0.25) is 5.02 Å². The molecule has 1 aromatic carbocycles. The Morgan fingerprint density at radius 2 is 1.82 bits per heavy atom. The van der Waals surface area contributed by atoms with Crippen LogP contribution >= 0.6 is 23.8 Å². The summed E-state index contributed by atoms with van der Waals surface area (Å²) in [6.07, 6.45) is 6.58. The molecule has 1 aliphatic heterocycles. The number of hydrogen-bond donors (Lipinski definition) is 1. The van der Waals surface area contributed by atoms with E-state index in [4.69, 9.17) is 23.8 Å². The minimum atomic E-state index is 0.590. The third kappa shape index (κ3) is 4.05. The molecule has 0 amide bonds. The van der Waals surface area contributed by atoms with Crippen molar-refractivity contribution in [3.05, 3.63) is 29.3 Å². The zero-order valence-electron chi connectivity index (χ0n) is 12.9. The highest BCUT2D eigenvalue weighted by Crippen LogP contribution is 2.21. The van der Waals surface area contributed by atoms with Crippen LogP contribution in [0.5, 0.6) is 0 Å². The normalized spacial score (nSPS) is 20.0. The SMILES string of the molecule is S=C(NC1CCCCC1)N1CCN(c2cccc(Cl)c2)CC1. The zero-order valence-corrected chi connectivity index (χ0v) is 14.5. The molecule has 0 spiro atoms. The van der Waals surface area contributed by atoms with Crippen molar-refractivity contribution in [2.45, 2.75) is 38.1 Å². The van der Waals surface area contributed by atoms with E-state index < -0.39 is 0 Å². The first-order valence-corrected chi connectivity index (χ1v) is 9.07. The smallest absolute Gasteiger partial charge is 0.169 e. The summed E-state index contributed by atoms with van der Waals surface area (Å²) in [5.41, 5.74) is 1.21. The molecule has 5 heteroatoms. The van der Waals surface area contributed by atoms with Crippen molar-refractivity contribution in [2.75, 3.05) is 31.1 Å². The van der Waals surface area contributed by atoms with Gasteiger partial charge in [-0.05, 0) is 43.3 Å². The summed E-state index contributed by atoms with van der Waals surface area (Å²) in [4.78, 5) is 4.69. The summed E-state index contributed by atoms with van der Waals surface area (Å²) in [5, 5.41) is 5.31. The van der Waals surface area contributed by atoms with Gasteiger partial charge in [0.1, 0.15) is 0 Å². The Bertz CT molecular complexity index is 508. The van der Waals surface area contributed by atoms with Crippen molar-refractivity contribution in [1.29, 1.82) is 0 Å². The Labute approximate surface area is 143 Å². The topological polar surface area (TPSA) is 18.5 Å². The predicted molar refractivity (Wildman–Crippen MR) is 97.8 cm³/mol. The molecule has 0 unspecified atom stereocenters. The monoisotopic (exact) mass is 337 g/mol. The summed E-state index contributed by atoms with van der Waals surface area (Å²) < 4.78 is 0. The molecule has 2 fully saturated rings. The lowest BCUT2D eigenvalue weighted by Crippen LogP contribution is -2.53. The molecule has 2 aliphatic rings. The third-order valence-corrected chi connectivity index (χ3v) is 5.28. The Morgan fingerprint density at radius 3 is 2.50 bits per heavy atom. The second-order valence-corrected chi connectivity index (χ2v) is 7.06. The van der Waals surface area contributed by atoms with Gasteiger partial charge in [0.2, 0.25) is 0 Å². The van der Waals surface area contributed by atoms with Gasteiger partial charge >= 0.3 is 0 Å². The average Bonchev–Trinajstić information content (AvgIpc) is 2.56. The Hall–Kier alpha value is -1.00. The molecule has 1 saturated carbocycles. The summed E-state index contributed by atoms with van der Waals surface area (Å²) >= 11 is 11.7. The first-order chi connectivity index (χ1) is 10.7. The maximum absolute atomic E-state index is 6.08. The number of halogens is 1. The van der Waals surface area contributed by atoms with Crippen LogP contribution in [0.25, 0.3) is 0 Å². The van der Waals surface area contributed by atoms with Crippen molar-refractivity contribution < 1.29 is 0 Å². The van der Waals surface area contributed by atoms with Gasteiger partial charge in [0.15, 0.2) is 5.11 Å². The van der Waals surface area contributed by atoms with Crippen LogP contribution in [-0.4, -0.2) is 42.2 Å². The van der Waals surface area contributed by atoms with Gasteiger partial charge in [-0.3, -0.25) is 0 Å². The number of benzene rings is 1. The highest BCUT2D eigenvalue weighted by Gasteiger charge is 2.21. The molecule has 0 bridgehead atoms. The molecule has 1 N–H and O–H groups in total. The molecule has 3 nitrogen and oxygen atoms in total. The first-order valence-electron chi connectivity index (χ1n) is 8.28.